The minimum absolute atomic E-state index is 0.229. The van der Waals surface area contributed by atoms with Gasteiger partial charge in [-0.1, -0.05) is 37.6 Å². The van der Waals surface area contributed by atoms with Crippen LogP contribution < -0.4 is 0 Å². The first-order chi connectivity index (χ1) is 7.02. The number of aliphatic hydroxyl groups is 1. The second-order valence-corrected chi connectivity index (χ2v) is 3.73. The Bertz CT molecular complexity index is 360. The minimum atomic E-state index is -1.75. The summed E-state index contributed by atoms with van der Waals surface area (Å²) in [6, 6.07) is 7.04. The molecule has 1 unspecified atom stereocenters. The van der Waals surface area contributed by atoms with Crippen LogP contribution in [0.5, 0.6) is 0 Å². The lowest BCUT2D eigenvalue weighted by atomic mass is 9.86. The zero-order chi connectivity index (χ0) is 11.5. The zero-order valence-corrected chi connectivity index (χ0v) is 9.03. The van der Waals surface area contributed by atoms with Crippen LogP contribution in [0.15, 0.2) is 24.3 Å². The fourth-order valence-electron chi connectivity index (χ4n) is 1.76. The van der Waals surface area contributed by atoms with E-state index < -0.39 is 11.6 Å². The molecule has 15 heavy (non-hydrogen) atoms. The van der Waals surface area contributed by atoms with Crippen molar-refractivity contribution in [2.45, 2.75) is 32.3 Å². The van der Waals surface area contributed by atoms with Gasteiger partial charge < -0.3 is 10.2 Å². The van der Waals surface area contributed by atoms with Crippen LogP contribution in [0.3, 0.4) is 0 Å². The Morgan fingerprint density at radius 2 is 2.00 bits per heavy atom. The van der Waals surface area contributed by atoms with Crippen LogP contribution in [-0.4, -0.2) is 16.2 Å². The average Bonchev–Trinajstić information content (AvgIpc) is 2.18. The Morgan fingerprint density at radius 1 is 1.40 bits per heavy atom. The summed E-state index contributed by atoms with van der Waals surface area (Å²) in [4.78, 5) is 11.1. The van der Waals surface area contributed by atoms with E-state index in [-0.39, 0.29) is 6.42 Å². The lowest BCUT2D eigenvalue weighted by Gasteiger charge is -2.24. The molecule has 0 heterocycles. The fraction of sp³-hybridized carbons (Fsp3) is 0.417. The summed E-state index contributed by atoms with van der Waals surface area (Å²) in [5.41, 5.74) is -0.463. The molecule has 0 amide bonds. The van der Waals surface area contributed by atoms with Crippen LogP contribution in [0, 0.1) is 6.92 Å². The highest BCUT2D eigenvalue weighted by Crippen LogP contribution is 2.29. The molecular weight excluding hydrogens is 192 g/mol. The van der Waals surface area contributed by atoms with E-state index >= 15 is 0 Å². The normalized spacial score (nSPS) is 14.6. The van der Waals surface area contributed by atoms with Crippen molar-refractivity contribution in [2.24, 2.45) is 0 Å². The van der Waals surface area contributed by atoms with Crippen LogP contribution in [0.25, 0.3) is 0 Å². The number of rotatable bonds is 4. The van der Waals surface area contributed by atoms with Gasteiger partial charge in [0.05, 0.1) is 0 Å². The summed E-state index contributed by atoms with van der Waals surface area (Å²) in [5, 5.41) is 19.2. The van der Waals surface area contributed by atoms with E-state index in [1.165, 1.54) is 0 Å². The molecule has 0 bridgehead atoms. The van der Waals surface area contributed by atoms with Crippen molar-refractivity contribution in [1.29, 1.82) is 0 Å². The Kier molecular flexibility index (Phi) is 3.48. The van der Waals surface area contributed by atoms with Crippen molar-refractivity contribution >= 4 is 5.97 Å². The summed E-state index contributed by atoms with van der Waals surface area (Å²) < 4.78 is 0. The smallest absolute Gasteiger partial charge is 0.340 e. The van der Waals surface area contributed by atoms with Crippen molar-refractivity contribution in [3.05, 3.63) is 35.4 Å². The molecule has 0 aliphatic carbocycles. The molecule has 82 valence electrons. The number of carbonyl (C=O) groups is 1. The maximum Gasteiger partial charge on any atom is 0.340 e. The van der Waals surface area contributed by atoms with Crippen LogP contribution in [-0.2, 0) is 10.4 Å². The molecule has 2 N–H and O–H groups in total. The van der Waals surface area contributed by atoms with Gasteiger partial charge in [-0.3, -0.25) is 0 Å². The molecule has 0 saturated heterocycles. The van der Waals surface area contributed by atoms with Crippen molar-refractivity contribution in [2.75, 3.05) is 0 Å². The number of hydrogen-bond acceptors (Lipinski definition) is 2. The predicted octanol–water partition coefficient (Wildman–Crippen LogP) is 2.07. The molecule has 3 nitrogen and oxygen atoms in total. The SMILES string of the molecule is CCCC(O)(C(=O)O)c1ccccc1C. The van der Waals surface area contributed by atoms with Crippen LogP contribution >= 0.6 is 0 Å². The molecule has 1 aromatic rings. The number of aryl methyl sites for hydroxylation is 1. The first-order valence-corrected chi connectivity index (χ1v) is 5.04. The van der Waals surface area contributed by atoms with E-state index in [0.29, 0.717) is 12.0 Å². The second-order valence-electron chi connectivity index (χ2n) is 3.73. The third-order valence-electron chi connectivity index (χ3n) is 2.56. The number of hydrogen-bond donors (Lipinski definition) is 2. The molecule has 1 rings (SSSR count). The molecular formula is C12H16O3. The Labute approximate surface area is 89.4 Å². The highest BCUT2D eigenvalue weighted by Gasteiger charge is 2.37. The second kappa shape index (κ2) is 4.45. The van der Waals surface area contributed by atoms with Crippen LogP contribution in [0.1, 0.15) is 30.9 Å². The molecule has 0 aliphatic rings. The van der Waals surface area contributed by atoms with Crippen molar-refractivity contribution in [3.8, 4) is 0 Å². The van der Waals surface area contributed by atoms with Gasteiger partial charge in [0.25, 0.3) is 0 Å². The maximum atomic E-state index is 11.1. The number of benzene rings is 1. The van der Waals surface area contributed by atoms with E-state index in [0.717, 1.165) is 5.56 Å². The van der Waals surface area contributed by atoms with Gasteiger partial charge >= 0.3 is 5.97 Å². The molecule has 0 radical (unpaired) electrons. The number of carboxylic acid groups (broad SMARTS) is 1. The third-order valence-corrected chi connectivity index (χ3v) is 2.56. The zero-order valence-electron chi connectivity index (χ0n) is 9.03. The highest BCUT2D eigenvalue weighted by molar-refractivity contribution is 5.79. The van der Waals surface area contributed by atoms with Gasteiger partial charge in [0.1, 0.15) is 0 Å². The highest BCUT2D eigenvalue weighted by atomic mass is 16.4. The maximum absolute atomic E-state index is 11.1. The van der Waals surface area contributed by atoms with E-state index in [1.807, 2.05) is 13.0 Å². The minimum Gasteiger partial charge on any atom is -0.479 e. The Hall–Kier alpha value is -1.35. The molecule has 0 aliphatic heterocycles. The molecule has 1 atom stereocenters. The lowest BCUT2D eigenvalue weighted by Crippen LogP contribution is -2.36. The largest absolute Gasteiger partial charge is 0.479 e. The summed E-state index contributed by atoms with van der Waals surface area (Å²) in [5.74, 6) is -1.18. The molecule has 1 aromatic carbocycles. The van der Waals surface area contributed by atoms with Crippen LogP contribution in [0.4, 0.5) is 0 Å². The van der Waals surface area contributed by atoms with Crippen molar-refractivity contribution in [1.82, 2.24) is 0 Å². The van der Waals surface area contributed by atoms with Gasteiger partial charge in [0.2, 0.25) is 0 Å². The van der Waals surface area contributed by atoms with E-state index in [1.54, 1.807) is 25.1 Å². The van der Waals surface area contributed by atoms with E-state index in [9.17, 15) is 9.90 Å². The third kappa shape index (κ3) is 2.18. The predicted molar refractivity (Wildman–Crippen MR) is 57.6 cm³/mol. The van der Waals surface area contributed by atoms with Gasteiger partial charge in [-0.15, -0.1) is 0 Å². The van der Waals surface area contributed by atoms with Crippen LogP contribution in [0.2, 0.25) is 0 Å². The van der Waals surface area contributed by atoms with Gasteiger partial charge in [0.15, 0.2) is 5.60 Å². The van der Waals surface area contributed by atoms with Crippen molar-refractivity contribution in [3.63, 3.8) is 0 Å². The van der Waals surface area contributed by atoms with Gasteiger partial charge in [-0.2, -0.15) is 0 Å². The van der Waals surface area contributed by atoms with Gasteiger partial charge in [0, 0.05) is 0 Å². The average molecular weight is 208 g/mol. The summed E-state index contributed by atoms with van der Waals surface area (Å²) >= 11 is 0. The molecule has 0 aromatic heterocycles. The topological polar surface area (TPSA) is 57.5 Å². The van der Waals surface area contributed by atoms with Gasteiger partial charge in [-0.25, -0.2) is 4.79 Å². The quantitative estimate of drug-likeness (QED) is 0.796. The number of aliphatic carboxylic acids is 1. The first-order valence-electron chi connectivity index (χ1n) is 5.04. The number of carboxylic acids is 1. The standard InChI is InChI=1S/C12H16O3/c1-3-8-12(15,11(13)14)10-7-5-4-6-9(10)2/h4-7,15H,3,8H2,1-2H3,(H,13,14). The molecule has 0 fully saturated rings. The summed E-state index contributed by atoms with van der Waals surface area (Å²) in [6.07, 6.45) is 0.852. The lowest BCUT2D eigenvalue weighted by molar-refractivity contribution is -0.160. The molecule has 0 saturated carbocycles. The van der Waals surface area contributed by atoms with Gasteiger partial charge in [-0.05, 0) is 24.5 Å². The summed E-state index contributed by atoms with van der Waals surface area (Å²) in [6.45, 7) is 3.66. The molecule has 3 heteroatoms. The van der Waals surface area contributed by atoms with E-state index in [4.69, 9.17) is 5.11 Å². The Balaban J connectivity index is 3.21. The first kappa shape index (κ1) is 11.7. The Morgan fingerprint density at radius 3 is 2.47 bits per heavy atom. The summed E-state index contributed by atoms with van der Waals surface area (Å²) in [7, 11) is 0. The monoisotopic (exact) mass is 208 g/mol. The molecule has 0 spiro atoms. The van der Waals surface area contributed by atoms with Crippen molar-refractivity contribution < 1.29 is 15.0 Å². The van der Waals surface area contributed by atoms with E-state index in [2.05, 4.69) is 0 Å². The fourth-order valence-corrected chi connectivity index (χ4v) is 1.76.